The van der Waals surface area contributed by atoms with Gasteiger partial charge in [0.25, 0.3) is 0 Å². The highest BCUT2D eigenvalue weighted by atomic mass is 16.2. The first kappa shape index (κ1) is 39.3. The van der Waals surface area contributed by atoms with Crippen molar-refractivity contribution in [1.82, 2.24) is 39.7 Å². The van der Waals surface area contributed by atoms with E-state index in [4.69, 9.17) is 15.0 Å². The van der Waals surface area contributed by atoms with E-state index in [2.05, 4.69) is 35.4 Å². The molecule has 292 valence electrons. The molecule has 2 amide bonds. The van der Waals surface area contributed by atoms with E-state index >= 15 is 0 Å². The van der Waals surface area contributed by atoms with Crippen molar-refractivity contribution >= 4 is 47.0 Å². The lowest BCUT2D eigenvalue weighted by Gasteiger charge is -2.34. The van der Waals surface area contributed by atoms with E-state index in [1.54, 1.807) is 26.2 Å². The second kappa shape index (κ2) is 18.3. The summed E-state index contributed by atoms with van der Waals surface area (Å²) in [7, 11) is 0. The summed E-state index contributed by atoms with van der Waals surface area (Å²) in [6.45, 7) is 18.4. The lowest BCUT2D eigenvalue weighted by Crippen LogP contribution is -2.40. The summed E-state index contributed by atoms with van der Waals surface area (Å²) in [6.07, 6.45) is 8.94. The minimum Gasteiger partial charge on any atom is -0.342 e. The molecular formula is C41H56N12O2. The van der Waals surface area contributed by atoms with Crippen LogP contribution in [0.2, 0.25) is 0 Å². The molecular weight excluding hydrogens is 693 g/mol. The second-order valence-corrected chi connectivity index (χ2v) is 14.6. The fourth-order valence-electron chi connectivity index (χ4n) is 7.03. The molecule has 0 saturated carbocycles. The van der Waals surface area contributed by atoms with Gasteiger partial charge in [-0.3, -0.25) is 9.59 Å². The van der Waals surface area contributed by atoms with Crippen molar-refractivity contribution < 1.29 is 9.59 Å². The van der Waals surface area contributed by atoms with Crippen molar-refractivity contribution in [2.75, 3.05) is 72.8 Å². The molecule has 4 aromatic heterocycles. The van der Waals surface area contributed by atoms with E-state index < -0.39 is 0 Å². The summed E-state index contributed by atoms with van der Waals surface area (Å²) in [5.74, 6) is 5.40. The number of nitrogens with zero attached hydrogens (tertiary/aromatic N) is 10. The van der Waals surface area contributed by atoms with E-state index in [9.17, 15) is 9.59 Å². The molecule has 8 rings (SSSR count). The Morgan fingerprint density at radius 3 is 1.44 bits per heavy atom. The maximum Gasteiger partial charge on any atom is 0.227 e. The standard InChI is InChI=1S/C20H26N6O.C19H24N6O.C2H6/c1-14-6-7-21-18(11-14)23-19-12-17(22-20(24-19)25-9-4-10-25)16-5-3-8-26(13-16)15(2)27;1-13-4-6-20-17(10-13)22-18-11-16(15-5-9-25(12-15)14(2)26)21-19(23-18)24-7-3-8-24;1-2/h6-7,11-12,16H,3-5,8-10,13H2,1-2H3,(H,21,22,23,24);4,6,10-11,15H,3,5,7-9,12H2,1-2H3,(H,20,21,22,23);1-2H3. The molecule has 4 aromatic rings. The van der Waals surface area contributed by atoms with Crippen LogP contribution < -0.4 is 20.4 Å². The molecule has 0 bridgehead atoms. The molecule has 2 N–H and O–H groups in total. The van der Waals surface area contributed by atoms with E-state index in [0.29, 0.717) is 0 Å². The highest BCUT2D eigenvalue weighted by Gasteiger charge is 2.29. The number of aromatic nitrogens is 6. The second-order valence-electron chi connectivity index (χ2n) is 14.6. The normalized spacial score (nSPS) is 18.9. The van der Waals surface area contributed by atoms with Crippen LogP contribution in [-0.4, -0.2) is 104 Å². The molecule has 2 atom stereocenters. The Hall–Kier alpha value is -5.40. The number of pyridine rings is 2. The molecule has 14 heteroatoms. The summed E-state index contributed by atoms with van der Waals surface area (Å²) in [6, 6.07) is 12.0. The average molecular weight is 749 g/mol. The van der Waals surface area contributed by atoms with Crippen LogP contribution in [0.15, 0.2) is 48.8 Å². The summed E-state index contributed by atoms with van der Waals surface area (Å²) in [5, 5.41) is 6.65. The van der Waals surface area contributed by atoms with Gasteiger partial charge in [-0.15, -0.1) is 0 Å². The number of rotatable bonds is 8. The Morgan fingerprint density at radius 2 is 1.04 bits per heavy atom. The number of hydrogen-bond donors (Lipinski definition) is 2. The molecule has 0 radical (unpaired) electrons. The molecule has 55 heavy (non-hydrogen) atoms. The molecule has 4 aliphatic rings. The van der Waals surface area contributed by atoms with Gasteiger partial charge in [-0.2, -0.15) is 9.97 Å². The summed E-state index contributed by atoms with van der Waals surface area (Å²) in [5.41, 5.74) is 4.30. The van der Waals surface area contributed by atoms with E-state index in [1.165, 1.54) is 12.8 Å². The van der Waals surface area contributed by atoms with Gasteiger partial charge in [0.1, 0.15) is 23.3 Å². The third-order valence-electron chi connectivity index (χ3n) is 10.4. The lowest BCUT2D eigenvalue weighted by atomic mass is 9.94. The van der Waals surface area contributed by atoms with Crippen molar-refractivity contribution in [2.24, 2.45) is 0 Å². The van der Waals surface area contributed by atoms with Gasteiger partial charge in [-0.25, -0.2) is 19.9 Å². The zero-order chi connectivity index (χ0) is 38.9. The van der Waals surface area contributed by atoms with Crippen molar-refractivity contribution in [1.29, 1.82) is 0 Å². The SMILES string of the molecule is CC.CC(=O)N1CCC(c2cc(Nc3cc(C)ccn3)nc(N3CCC3)n2)C1.CC(=O)N1CCCC(c2cc(Nc3cc(C)ccn3)nc(N3CCC3)n2)C1. The zero-order valence-corrected chi connectivity index (χ0v) is 33.3. The molecule has 0 aliphatic carbocycles. The molecule has 4 saturated heterocycles. The molecule has 14 nitrogen and oxygen atoms in total. The van der Waals surface area contributed by atoms with Crippen molar-refractivity contribution in [3.05, 3.63) is 71.3 Å². The van der Waals surface area contributed by atoms with E-state index in [-0.39, 0.29) is 23.7 Å². The van der Waals surface area contributed by atoms with Crippen LogP contribution in [-0.2, 0) is 9.59 Å². The summed E-state index contributed by atoms with van der Waals surface area (Å²) in [4.78, 5) is 59.5. The number of anilines is 6. The average Bonchev–Trinajstić information content (AvgIpc) is 3.63. The highest BCUT2D eigenvalue weighted by molar-refractivity contribution is 5.74. The van der Waals surface area contributed by atoms with Crippen LogP contribution in [0.1, 0.15) is 94.1 Å². The summed E-state index contributed by atoms with van der Waals surface area (Å²) >= 11 is 0. The topological polar surface area (TPSA) is 148 Å². The van der Waals surface area contributed by atoms with Crippen LogP contribution in [0.5, 0.6) is 0 Å². The third-order valence-corrected chi connectivity index (χ3v) is 10.4. The molecule has 2 unspecified atom stereocenters. The molecule has 0 aromatic carbocycles. The van der Waals surface area contributed by atoms with Gasteiger partial charge in [0, 0.05) is 103 Å². The van der Waals surface area contributed by atoms with Crippen LogP contribution in [0.25, 0.3) is 0 Å². The van der Waals surface area contributed by atoms with Gasteiger partial charge in [0.15, 0.2) is 0 Å². The highest BCUT2D eigenvalue weighted by Crippen LogP contribution is 2.32. The van der Waals surface area contributed by atoms with E-state index in [0.717, 1.165) is 129 Å². The predicted molar refractivity (Wildman–Crippen MR) is 217 cm³/mol. The first-order valence-corrected chi connectivity index (χ1v) is 19.8. The Morgan fingerprint density at radius 1 is 0.582 bits per heavy atom. The monoisotopic (exact) mass is 748 g/mol. The Kier molecular flexibility index (Phi) is 13.1. The summed E-state index contributed by atoms with van der Waals surface area (Å²) < 4.78 is 0. The maximum absolute atomic E-state index is 11.8. The van der Waals surface area contributed by atoms with Gasteiger partial charge >= 0.3 is 0 Å². The van der Waals surface area contributed by atoms with Crippen molar-refractivity contribution in [3.8, 4) is 0 Å². The van der Waals surface area contributed by atoms with Gasteiger partial charge in [-0.05, 0) is 81.3 Å². The maximum atomic E-state index is 11.8. The quantitative estimate of drug-likeness (QED) is 0.207. The van der Waals surface area contributed by atoms with Crippen molar-refractivity contribution in [3.63, 3.8) is 0 Å². The third kappa shape index (κ3) is 10.2. The van der Waals surface area contributed by atoms with Crippen LogP contribution in [0.4, 0.5) is 35.2 Å². The van der Waals surface area contributed by atoms with Crippen LogP contribution >= 0.6 is 0 Å². The number of aryl methyl sites for hydroxylation is 2. The first-order valence-electron chi connectivity index (χ1n) is 19.8. The molecule has 4 fully saturated rings. The minimum atomic E-state index is 0.131. The number of likely N-dealkylation sites (tertiary alicyclic amines) is 2. The molecule has 0 spiro atoms. The Balaban J connectivity index is 0.000000179. The van der Waals surface area contributed by atoms with Crippen LogP contribution in [0.3, 0.4) is 0 Å². The number of nitrogens with one attached hydrogen (secondary N) is 2. The largest absolute Gasteiger partial charge is 0.342 e. The molecule has 8 heterocycles. The Bertz CT molecular complexity index is 1930. The van der Waals surface area contributed by atoms with Gasteiger partial charge < -0.3 is 30.2 Å². The Labute approximate surface area is 325 Å². The number of carbonyl (C=O) groups excluding carboxylic acids is 2. The minimum absolute atomic E-state index is 0.131. The number of carbonyl (C=O) groups is 2. The first-order chi connectivity index (χ1) is 26.7. The van der Waals surface area contributed by atoms with Gasteiger partial charge in [-0.1, -0.05) is 13.8 Å². The predicted octanol–water partition coefficient (Wildman–Crippen LogP) is 6.36. The van der Waals surface area contributed by atoms with Gasteiger partial charge in [0.05, 0.1) is 11.4 Å². The molecule has 4 aliphatic heterocycles. The zero-order valence-electron chi connectivity index (χ0n) is 33.3. The lowest BCUT2D eigenvalue weighted by molar-refractivity contribution is -0.130. The van der Waals surface area contributed by atoms with E-state index in [1.807, 2.05) is 73.9 Å². The number of piperidine rings is 1. The van der Waals surface area contributed by atoms with Crippen LogP contribution in [0, 0.1) is 13.8 Å². The van der Waals surface area contributed by atoms with Crippen molar-refractivity contribution in [2.45, 2.75) is 85.5 Å². The number of hydrogen-bond acceptors (Lipinski definition) is 12. The number of amides is 2. The van der Waals surface area contributed by atoms with Gasteiger partial charge in [0.2, 0.25) is 23.7 Å². The fraction of sp³-hybridized carbons (Fsp3) is 0.512. The fourth-order valence-corrected chi connectivity index (χ4v) is 7.03. The smallest absolute Gasteiger partial charge is 0.227 e.